The fourth-order valence-electron chi connectivity index (χ4n) is 5.68. The molecule has 3 aromatic rings. The number of nitrogens with zero attached hydrogens (tertiary/aromatic N) is 4. The number of alkyl halides is 3. The zero-order chi connectivity index (χ0) is 33.2. The molecule has 1 fully saturated rings. The summed E-state index contributed by atoms with van der Waals surface area (Å²) >= 11 is 12.4. The molecule has 2 heterocycles. The van der Waals surface area contributed by atoms with Crippen LogP contribution < -0.4 is 10.1 Å². The first-order chi connectivity index (χ1) is 21.9. The van der Waals surface area contributed by atoms with E-state index in [4.69, 9.17) is 32.9 Å². The number of piperidine rings is 1. The number of nitrogens with one attached hydrogen (secondary N) is 1. The van der Waals surface area contributed by atoms with Crippen molar-refractivity contribution in [1.82, 2.24) is 20.0 Å². The first-order valence-electron chi connectivity index (χ1n) is 14.9. The third-order valence-corrected chi connectivity index (χ3v) is 8.55. The van der Waals surface area contributed by atoms with E-state index in [1.165, 1.54) is 11.0 Å². The van der Waals surface area contributed by atoms with Crippen molar-refractivity contribution in [1.29, 1.82) is 0 Å². The monoisotopic (exact) mass is 675 g/mol. The molecule has 0 aromatic heterocycles. The van der Waals surface area contributed by atoms with E-state index in [2.05, 4.69) is 5.32 Å². The number of benzene rings is 3. The zero-order valence-electron chi connectivity index (χ0n) is 25.5. The molecule has 244 valence electrons. The lowest BCUT2D eigenvalue weighted by Gasteiger charge is -2.38. The summed E-state index contributed by atoms with van der Waals surface area (Å²) in [6.07, 6.45) is -3.54. The van der Waals surface area contributed by atoms with E-state index in [-0.39, 0.29) is 41.9 Å². The summed E-state index contributed by atoms with van der Waals surface area (Å²) in [7, 11) is 3.32. The molecule has 13 heteroatoms. The second-order valence-corrected chi connectivity index (χ2v) is 12.2. The normalized spacial score (nSPS) is 18.7. The molecule has 3 aromatic carbocycles. The summed E-state index contributed by atoms with van der Waals surface area (Å²) in [5.74, 6) is 0.149. The highest BCUT2D eigenvalue weighted by molar-refractivity contribution is 6.30. The standard InChI is InChI=1S/C33H34Cl2F3N5O3/c1-4-46-27-19-22(33(36,37)38)9-14-26(27)30-40-28(20-5-10-23(34)11-6-20)29(21-7-12-24(35)13-8-21)43(30)32(45)42-17-15-25(16-18-42)39-31(44)41(2)3/h5-14,19,25,28-29H,4,15-18H2,1-3H3,(H,39,44). The SMILES string of the molecule is CCOc1cc(C(F)(F)F)ccc1C1=NC(c2ccc(Cl)cc2)C(c2ccc(Cl)cc2)N1C(=O)N1CCC(NC(=O)N(C)C)CC1. The maximum Gasteiger partial charge on any atom is 0.416 e. The van der Waals surface area contributed by atoms with Gasteiger partial charge in [-0.3, -0.25) is 9.89 Å². The van der Waals surface area contributed by atoms with Gasteiger partial charge in [-0.25, -0.2) is 9.59 Å². The Labute approximate surface area is 275 Å². The van der Waals surface area contributed by atoms with Gasteiger partial charge in [0.2, 0.25) is 0 Å². The van der Waals surface area contributed by atoms with Crippen LogP contribution in [0.3, 0.4) is 0 Å². The Hall–Kier alpha value is -3.96. The number of likely N-dealkylation sites (tertiary alicyclic amines) is 1. The molecule has 2 unspecified atom stereocenters. The summed E-state index contributed by atoms with van der Waals surface area (Å²) in [6, 6.07) is 15.4. The van der Waals surface area contributed by atoms with E-state index in [9.17, 15) is 22.8 Å². The third-order valence-electron chi connectivity index (χ3n) is 8.04. The molecule has 0 spiro atoms. The maximum atomic E-state index is 14.6. The quantitative estimate of drug-likeness (QED) is 0.290. The highest BCUT2D eigenvalue weighted by Crippen LogP contribution is 2.46. The Morgan fingerprint density at radius 1 is 0.957 bits per heavy atom. The predicted molar refractivity (Wildman–Crippen MR) is 172 cm³/mol. The number of carbonyl (C=O) groups is 2. The van der Waals surface area contributed by atoms with Gasteiger partial charge in [-0.05, 0) is 73.4 Å². The molecule has 46 heavy (non-hydrogen) atoms. The van der Waals surface area contributed by atoms with E-state index in [0.29, 0.717) is 36.0 Å². The molecule has 0 saturated carbocycles. The van der Waals surface area contributed by atoms with Crippen LogP contribution in [0.4, 0.5) is 22.8 Å². The van der Waals surface area contributed by atoms with Gasteiger partial charge in [-0.1, -0.05) is 47.5 Å². The molecular weight excluding hydrogens is 642 g/mol. The first kappa shape index (κ1) is 33.4. The van der Waals surface area contributed by atoms with Gasteiger partial charge >= 0.3 is 18.2 Å². The minimum absolute atomic E-state index is 0.0365. The molecule has 2 aliphatic rings. The topological polar surface area (TPSA) is 77.5 Å². The maximum absolute atomic E-state index is 14.6. The molecule has 0 bridgehead atoms. The van der Waals surface area contributed by atoms with E-state index in [1.54, 1.807) is 55.1 Å². The van der Waals surface area contributed by atoms with E-state index >= 15 is 0 Å². The molecule has 4 amide bonds. The number of ether oxygens (including phenoxy) is 1. The van der Waals surface area contributed by atoms with Gasteiger partial charge in [0.05, 0.1) is 23.8 Å². The number of rotatable bonds is 6. The van der Waals surface area contributed by atoms with Gasteiger partial charge in [-0.15, -0.1) is 0 Å². The van der Waals surface area contributed by atoms with Crippen LogP contribution in [0.5, 0.6) is 5.75 Å². The minimum Gasteiger partial charge on any atom is -0.493 e. The second kappa shape index (κ2) is 13.8. The lowest BCUT2D eigenvalue weighted by molar-refractivity contribution is -0.137. The average Bonchev–Trinajstić information content (AvgIpc) is 3.41. The number of halogens is 5. The van der Waals surface area contributed by atoms with Crippen LogP contribution in [0, 0.1) is 0 Å². The fourth-order valence-corrected chi connectivity index (χ4v) is 5.94. The molecule has 0 aliphatic carbocycles. The largest absolute Gasteiger partial charge is 0.493 e. The van der Waals surface area contributed by atoms with Crippen LogP contribution in [0.15, 0.2) is 71.7 Å². The van der Waals surface area contributed by atoms with Crippen molar-refractivity contribution in [3.63, 3.8) is 0 Å². The van der Waals surface area contributed by atoms with Crippen LogP contribution in [0.25, 0.3) is 0 Å². The van der Waals surface area contributed by atoms with Crippen LogP contribution in [0.1, 0.15) is 54.1 Å². The number of hydrogen-bond acceptors (Lipinski definition) is 4. The Balaban J connectivity index is 1.60. The summed E-state index contributed by atoms with van der Waals surface area (Å²) in [6.45, 7) is 2.48. The highest BCUT2D eigenvalue weighted by Gasteiger charge is 2.45. The lowest BCUT2D eigenvalue weighted by Crippen LogP contribution is -2.53. The number of carbonyl (C=O) groups excluding carboxylic acids is 2. The van der Waals surface area contributed by atoms with Gasteiger partial charge in [0.25, 0.3) is 0 Å². The van der Waals surface area contributed by atoms with Crippen molar-refractivity contribution in [3.8, 4) is 5.75 Å². The number of aliphatic imine (C=N–C) groups is 1. The number of amides is 4. The van der Waals surface area contributed by atoms with Crippen LogP contribution in [-0.4, -0.2) is 72.4 Å². The van der Waals surface area contributed by atoms with Crippen molar-refractivity contribution in [2.24, 2.45) is 4.99 Å². The molecule has 1 saturated heterocycles. The Bertz CT molecular complexity index is 1590. The molecule has 2 atom stereocenters. The molecule has 2 aliphatic heterocycles. The first-order valence-corrected chi connectivity index (χ1v) is 15.6. The van der Waals surface area contributed by atoms with Crippen molar-refractivity contribution < 1.29 is 27.5 Å². The summed E-state index contributed by atoms with van der Waals surface area (Å²) in [5.41, 5.74) is 0.870. The summed E-state index contributed by atoms with van der Waals surface area (Å²) in [5, 5.41) is 4.00. The van der Waals surface area contributed by atoms with Gasteiger partial charge in [0.1, 0.15) is 17.6 Å². The predicted octanol–water partition coefficient (Wildman–Crippen LogP) is 7.81. The zero-order valence-corrected chi connectivity index (χ0v) is 27.0. The number of urea groups is 2. The Morgan fingerprint density at radius 3 is 2.09 bits per heavy atom. The molecule has 1 N–H and O–H groups in total. The van der Waals surface area contributed by atoms with Gasteiger partial charge in [0, 0.05) is 43.3 Å². The third kappa shape index (κ3) is 7.20. The Kier molecular flexibility index (Phi) is 10.0. The van der Waals surface area contributed by atoms with Crippen molar-refractivity contribution in [2.75, 3.05) is 33.8 Å². The summed E-state index contributed by atoms with van der Waals surface area (Å²) < 4.78 is 47.0. The van der Waals surface area contributed by atoms with Crippen LogP contribution >= 0.6 is 23.2 Å². The fraction of sp³-hybridized carbons (Fsp3) is 0.364. The second-order valence-electron chi connectivity index (χ2n) is 11.3. The van der Waals surface area contributed by atoms with E-state index in [1.807, 2.05) is 24.3 Å². The minimum atomic E-state index is -4.60. The number of hydrogen-bond donors (Lipinski definition) is 1. The van der Waals surface area contributed by atoms with E-state index < -0.39 is 23.8 Å². The molecule has 8 nitrogen and oxygen atoms in total. The van der Waals surface area contributed by atoms with E-state index in [0.717, 1.165) is 23.3 Å². The van der Waals surface area contributed by atoms with Gasteiger partial charge < -0.3 is 19.9 Å². The highest BCUT2D eigenvalue weighted by atomic mass is 35.5. The van der Waals surface area contributed by atoms with Crippen molar-refractivity contribution >= 4 is 41.1 Å². The summed E-state index contributed by atoms with van der Waals surface area (Å²) in [4.78, 5) is 36.6. The smallest absolute Gasteiger partial charge is 0.416 e. The van der Waals surface area contributed by atoms with Gasteiger partial charge in [-0.2, -0.15) is 13.2 Å². The van der Waals surface area contributed by atoms with Crippen molar-refractivity contribution in [2.45, 2.75) is 44.1 Å². The molecule has 0 radical (unpaired) electrons. The number of amidine groups is 1. The van der Waals surface area contributed by atoms with Crippen molar-refractivity contribution in [3.05, 3.63) is 99.0 Å². The van der Waals surface area contributed by atoms with Crippen LogP contribution in [-0.2, 0) is 6.18 Å². The molecular formula is C33H34Cl2F3N5O3. The molecule has 5 rings (SSSR count). The van der Waals surface area contributed by atoms with Gasteiger partial charge in [0.15, 0.2) is 0 Å². The Morgan fingerprint density at radius 2 is 1.54 bits per heavy atom. The lowest BCUT2D eigenvalue weighted by atomic mass is 9.93. The van der Waals surface area contributed by atoms with Crippen LogP contribution in [0.2, 0.25) is 10.0 Å². The average molecular weight is 677 g/mol.